The number of amides is 1. The van der Waals surface area contributed by atoms with Crippen LogP contribution in [-0.2, 0) is 11.3 Å². The van der Waals surface area contributed by atoms with Gasteiger partial charge in [-0.2, -0.15) is 0 Å². The van der Waals surface area contributed by atoms with Crippen molar-refractivity contribution in [1.29, 1.82) is 0 Å². The molecule has 5 nitrogen and oxygen atoms in total. The third kappa shape index (κ3) is 4.79. The lowest BCUT2D eigenvalue weighted by Crippen LogP contribution is -2.53. The molecule has 1 aromatic heterocycles. The number of aromatic nitrogens is 1. The average molecular weight is 290 g/mol. The van der Waals surface area contributed by atoms with Gasteiger partial charge in [0.15, 0.2) is 0 Å². The van der Waals surface area contributed by atoms with Crippen molar-refractivity contribution in [3.63, 3.8) is 0 Å². The maximum atomic E-state index is 12.3. The van der Waals surface area contributed by atoms with Crippen LogP contribution in [0.3, 0.4) is 0 Å². The van der Waals surface area contributed by atoms with Gasteiger partial charge in [0.1, 0.15) is 0 Å². The van der Waals surface area contributed by atoms with Gasteiger partial charge in [-0.1, -0.05) is 19.9 Å². The first kappa shape index (κ1) is 15.9. The van der Waals surface area contributed by atoms with Crippen LogP contribution in [-0.4, -0.2) is 52.9 Å². The van der Waals surface area contributed by atoms with Crippen molar-refractivity contribution in [1.82, 2.24) is 14.8 Å². The topological polar surface area (TPSA) is 62.5 Å². The Morgan fingerprint density at radius 1 is 1.29 bits per heavy atom. The summed E-state index contributed by atoms with van der Waals surface area (Å²) in [6.45, 7) is 8.33. The summed E-state index contributed by atoms with van der Waals surface area (Å²) >= 11 is 0. The molecule has 1 aliphatic rings. The molecule has 0 aliphatic carbocycles. The Labute approximate surface area is 127 Å². The standard InChI is InChI=1S/C16H26N4O/c1-13(2)11-15(17)16(21)20-9-7-19(8-10-20)12-14-5-3-4-6-18-14/h3-6,13,15H,7-12,17H2,1-2H3/t15-/m1/s1. The Morgan fingerprint density at radius 2 is 2.00 bits per heavy atom. The number of hydrogen-bond acceptors (Lipinski definition) is 4. The molecule has 2 heterocycles. The number of hydrogen-bond donors (Lipinski definition) is 1. The summed E-state index contributed by atoms with van der Waals surface area (Å²) in [6.07, 6.45) is 2.58. The van der Waals surface area contributed by atoms with E-state index in [1.807, 2.05) is 29.3 Å². The number of rotatable bonds is 5. The van der Waals surface area contributed by atoms with Crippen molar-refractivity contribution < 1.29 is 4.79 Å². The van der Waals surface area contributed by atoms with E-state index < -0.39 is 0 Å². The number of carbonyl (C=O) groups excluding carboxylic acids is 1. The molecule has 2 rings (SSSR count). The quantitative estimate of drug-likeness (QED) is 0.882. The SMILES string of the molecule is CC(C)C[C@@H](N)C(=O)N1CCN(Cc2ccccn2)CC1. The van der Waals surface area contributed by atoms with E-state index in [0.717, 1.165) is 44.8 Å². The van der Waals surface area contributed by atoms with Crippen molar-refractivity contribution in [2.75, 3.05) is 26.2 Å². The van der Waals surface area contributed by atoms with E-state index in [-0.39, 0.29) is 11.9 Å². The Hall–Kier alpha value is -1.46. The van der Waals surface area contributed by atoms with Crippen LogP contribution in [0.2, 0.25) is 0 Å². The molecule has 21 heavy (non-hydrogen) atoms. The minimum Gasteiger partial charge on any atom is -0.339 e. The van der Waals surface area contributed by atoms with Crippen LogP contribution in [0, 0.1) is 5.92 Å². The third-order valence-corrected chi connectivity index (χ3v) is 3.84. The van der Waals surface area contributed by atoms with Gasteiger partial charge in [-0.15, -0.1) is 0 Å². The van der Waals surface area contributed by atoms with Gasteiger partial charge in [0, 0.05) is 38.9 Å². The van der Waals surface area contributed by atoms with Crippen LogP contribution in [0.1, 0.15) is 26.0 Å². The van der Waals surface area contributed by atoms with E-state index in [2.05, 4.69) is 23.7 Å². The smallest absolute Gasteiger partial charge is 0.239 e. The van der Waals surface area contributed by atoms with Gasteiger partial charge < -0.3 is 10.6 Å². The van der Waals surface area contributed by atoms with Gasteiger partial charge in [0.05, 0.1) is 11.7 Å². The van der Waals surface area contributed by atoms with Crippen LogP contribution in [0.25, 0.3) is 0 Å². The number of pyridine rings is 1. The molecular formula is C16H26N4O. The van der Waals surface area contributed by atoms with Crippen LogP contribution < -0.4 is 5.73 Å². The van der Waals surface area contributed by atoms with Gasteiger partial charge in [-0.3, -0.25) is 14.7 Å². The fraction of sp³-hybridized carbons (Fsp3) is 0.625. The number of nitrogens with zero attached hydrogens (tertiary/aromatic N) is 3. The Kier molecular flexibility index (Phi) is 5.70. The third-order valence-electron chi connectivity index (χ3n) is 3.84. The largest absolute Gasteiger partial charge is 0.339 e. The molecule has 0 spiro atoms. The van der Waals surface area contributed by atoms with Gasteiger partial charge in [-0.25, -0.2) is 0 Å². The zero-order chi connectivity index (χ0) is 15.2. The van der Waals surface area contributed by atoms with Crippen LogP contribution in [0.4, 0.5) is 0 Å². The predicted molar refractivity (Wildman–Crippen MR) is 83.5 cm³/mol. The zero-order valence-electron chi connectivity index (χ0n) is 13.0. The van der Waals surface area contributed by atoms with E-state index in [4.69, 9.17) is 5.73 Å². The maximum absolute atomic E-state index is 12.3. The van der Waals surface area contributed by atoms with E-state index in [9.17, 15) is 4.79 Å². The first-order valence-electron chi connectivity index (χ1n) is 7.73. The minimum atomic E-state index is -0.354. The second kappa shape index (κ2) is 7.52. The average Bonchev–Trinajstić information content (AvgIpc) is 2.47. The first-order chi connectivity index (χ1) is 10.1. The second-order valence-electron chi connectivity index (χ2n) is 6.16. The van der Waals surface area contributed by atoms with Crippen molar-refractivity contribution in [3.8, 4) is 0 Å². The molecule has 1 saturated heterocycles. The van der Waals surface area contributed by atoms with Crippen LogP contribution >= 0.6 is 0 Å². The lowest BCUT2D eigenvalue weighted by Gasteiger charge is -2.35. The molecule has 1 atom stereocenters. The normalized spacial score (nSPS) is 18.0. The Morgan fingerprint density at radius 3 is 2.57 bits per heavy atom. The molecule has 1 amide bonds. The Balaban J connectivity index is 1.79. The lowest BCUT2D eigenvalue weighted by molar-refractivity contribution is -0.134. The number of carbonyl (C=O) groups is 1. The van der Waals surface area contributed by atoms with E-state index >= 15 is 0 Å². The highest BCUT2D eigenvalue weighted by molar-refractivity contribution is 5.81. The van der Waals surface area contributed by atoms with Gasteiger partial charge >= 0.3 is 0 Å². The molecular weight excluding hydrogens is 264 g/mol. The van der Waals surface area contributed by atoms with Crippen LogP contribution in [0.5, 0.6) is 0 Å². The van der Waals surface area contributed by atoms with Crippen molar-refractivity contribution >= 4 is 5.91 Å². The van der Waals surface area contributed by atoms with Gasteiger partial charge in [0.2, 0.25) is 5.91 Å². The van der Waals surface area contributed by atoms with E-state index in [1.165, 1.54) is 0 Å². The summed E-state index contributed by atoms with van der Waals surface area (Å²) in [5, 5.41) is 0. The highest BCUT2D eigenvalue weighted by atomic mass is 16.2. The molecule has 0 radical (unpaired) electrons. The first-order valence-corrected chi connectivity index (χ1v) is 7.73. The summed E-state index contributed by atoms with van der Waals surface area (Å²) in [6, 6.07) is 5.62. The number of nitrogens with two attached hydrogens (primary N) is 1. The highest BCUT2D eigenvalue weighted by Crippen LogP contribution is 2.10. The predicted octanol–water partition coefficient (Wildman–Crippen LogP) is 1.10. The van der Waals surface area contributed by atoms with E-state index in [1.54, 1.807) is 0 Å². The van der Waals surface area contributed by atoms with Crippen molar-refractivity contribution in [3.05, 3.63) is 30.1 Å². The Bertz CT molecular complexity index is 441. The summed E-state index contributed by atoms with van der Waals surface area (Å²) in [5.74, 6) is 0.551. The molecule has 1 aliphatic heterocycles. The lowest BCUT2D eigenvalue weighted by atomic mass is 10.0. The summed E-state index contributed by atoms with van der Waals surface area (Å²) in [4.78, 5) is 20.9. The number of piperazine rings is 1. The minimum absolute atomic E-state index is 0.0983. The fourth-order valence-corrected chi connectivity index (χ4v) is 2.69. The summed E-state index contributed by atoms with van der Waals surface area (Å²) in [5.41, 5.74) is 7.07. The summed E-state index contributed by atoms with van der Waals surface area (Å²) in [7, 11) is 0. The van der Waals surface area contributed by atoms with Crippen molar-refractivity contribution in [2.24, 2.45) is 11.7 Å². The monoisotopic (exact) mass is 290 g/mol. The van der Waals surface area contributed by atoms with Crippen LogP contribution in [0.15, 0.2) is 24.4 Å². The van der Waals surface area contributed by atoms with Gasteiger partial charge in [0.25, 0.3) is 0 Å². The maximum Gasteiger partial charge on any atom is 0.239 e. The highest BCUT2D eigenvalue weighted by Gasteiger charge is 2.25. The zero-order valence-corrected chi connectivity index (χ0v) is 13.0. The molecule has 0 bridgehead atoms. The summed E-state index contributed by atoms with van der Waals surface area (Å²) < 4.78 is 0. The molecule has 116 valence electrons. The van der Waals surface area contributed by atoms with Crippen molar-refractivity contribution in [2.45, 2.75) is 32.9 Å². The fourth-order valence-electron chi connectivity index (χ4n) is 2.69. The molecule has 1 fully saturated rings. The molecule has 0 aromatic carbocycles. The van der Waals surface area contributed by atoms with E-state index in [0.29, 0.717) is 5.92 Å². The molecule has 0 unspecified atom stereocenters. The molecule has 5 heteroatoms. The molecule has 2 N–H and O–H groups in total. The molecule has 0 saturated carbocycles. The molecule has 1 aromatic rings. The van der Waals surface area contributed by atoms with Gasteiger partial charge in [-0.05, 0) is 24.5 Å². The second-order valence-corrected chi connectivity index (χ2v) is 6.16.